The Morgan fingerprint density at radius 3 is 1.19 bits per heavy atom. The molecule has 0 aliphatic heterocycles. The van der Waals surface area contributed by atoms with E-state index in [1.54, 1.807) is 0 Å². The van der Waals surface area contributed by atoms with Gasteiger partial charge in [0.2, 0.25) is 0 Å². The first kappa shape index (κ1) is 50.4. The maximum absolute atomic E-state index is 12.7. The molecular formula is C47H82O6. The fraction of sp³-hybridized carbons (Fsp3) is 0.766. The highest BCUT2D eigenvalue weighted by Gasteiger charge is 2.19. The van der Waals surface area contributed by atoms with E-state index in [-0.39, 0.29) is 31.1 Å². The molecule has 306 valence electrons. The Morgan fingerprint density at radius 2 is 0.736 bits per heavy atom. The van der Waals surface area contributed by atoms with Gasteiger partial charge in [0.05, 0.1) is 0 Å². The van der Waals surface area contributed by atoms with E-state index in [4.69, 9.17) is 14.2 Å². The minimum absolute atomic E-state index is 0.0870. The number of ether oxygens (including phenoxy) is 3. The van der Waals surface area contributed by atoms with Gasteiger partial charge in [0.15, 0.2) is 6.10 Å². The van der Waals surface area contributed by atoms with Gasteiger partial charge in [-0.25, -0.2) is 0 Å². The third kappa shape index (κ3) is 40.4. The molecule has 0 aliphatic carbocycles. The van der Waals surface area contributed by atoms with Gasteiger partial charge in [-0.15, -0.1) is 0 Å². The summed E-state index contributed by atoms with van der Waals surface area (Å²) in [7, 11) is 0. The Hall–Kier alpha value is -2.63. The highest BCUT2D eigenvalue weighted by Crippen LogP contribution is 2.13. The van der Waals surface area contributed by atoms with Crippen molar-refractivity contribution in [2.75, 3.05) is 13.2 Å². The van der Waals surface area contributed by atoms with Crippen molar-refractivity contribution < 1.29 is 28.6 Å². The van der Waals surface area contributed by atoms with Crippen molar-refractivity contribution in [2.24, 2.45) is 0 Å². The minimum Gasteiger partial charge on any atom is -0.462 e. The summed E-state index contributed by atoms with van der Waals surface area (Å²) in [5.41, 5.74) is 0. The maximum atomic E-state index is 12.7. The van der Waals surface area contributed by atoms with E-state index in [0.717, 1.165) is 89.9 Å². The topological polar surface area (TPSA) is 78.9 Å². The standard InChI is InChI=1S/C47H82O6/c1-4-7-10-13-16-19-21-23-25-26-28-31-34-37-40-46(49)52-43-44(42-51-45(48)39-36-33-30-18-15-12-9-6-3)53-47(50)41-38-35-32-29-27-24-22-20-17-14-11-8-5-2/h8,11,17,20-21,23-24,27,44H,4-7,9-10,12-16,18-19,22,25-26,28-43H2,1-3H3/b11-8-,20-17-,23-21-,27-24-. The third-order valence-electron chi connectivity index (χ3n) is 9.32. The molecule has 6 heteroatoms. The lowest BCUT2D eigenvalue weighted by Gasteiger charge is -2.18. The first-order chi connectivity index (χ1) is 26.0. The van der Waals surface area contributed by atoms with Crippen LogP contribution in [0, 0.1) is 0 Å². The van der Waals surface area contributed by atoms with Gasteiger partial charge in [-0.3, -0.25) is 14.4 Å². The first-order valence-corrected chi connectivity index (χ1v) is 22.1. The van der Waals surface area contributed by atoms with Gasteiger partial charge < -0.3 is 14.2 Å². The van der Waals surface area contributed by atoms with Crippen molar-refractivity contribution in [3.8, 4) is 0 Å². The largest absolute Gasteiger partial charge is 0.462 e. The van der Waals surface area contributed by atoms with Crippen molar-refractivity contribution in [3.63, 3.8) is 0 Å². The Labute approximate surface area is 327 Å². The van der Waals surface area contributed by atoms with E-state index in [1.807, 2.05) is 0 Å². The molecule has 0 aliphatic rings. The van der Waals surface area contributed by atoms with Crippen LogP contribution in [0.25, 0.3) is 0 Å². The number of esters is 3. The maximum Gasteiger partial charge on any atom is 0.306 e. The summed E-state index contributed by atoms with van der Waals surface area (Å²) in [4.78, 5) is 37.6. The van der Waals surface area contributed by atoms with E-state index in [0.29, 0.717) is 19.3 Å². The van der Waals surface area contributed by atoms with Gasteiger partial charge in [-0.05, 0) is 77.0 Å². The van der Waals surface area contributed by atoms with Crippen LogP contribution < -0.4 is 0 Å². The molecule has 0 saturated carbocycles. The molecule has 0 amide bonds. The highest BCUT2D eigenvalue weighted by atomic mass is 16.6. The fourth-order valence-corrected chi connectivity index (χ4v) is 5.98. The quantitative estimate of drug-likeness (QED) is 0.0270. The van der Waals surface area contributed by atoms with Crippen LogP contribution in [0.2, 0.25) is 0 Å². The summed E-state index contributed by atoms with van der Waals surface area (Å²) in [6.45, 7) is 6.44. The minimum atomic E-state index is -0.785. The molecule has 6 nitrogen and oxygen atoms in total. The monoisotopic (exact) mass is 743 g/mol. The summed E-state index contributed by atoms with van der Waals surface area (Å²) in [5, 5.41) is 0. The predicted octanol–water partition coefficient (Wildman–Crippen LogP) is 14.0. The molecule has 0 bridgehead atoms. The second kappa shape index (κ2) is 42.1. The molecule has 1 unspecified atom stereocenters. The molecule has 0 rings (SSSR count). The van der Waals surface area contributed by atoms with Crippen molar-refractivity contribution in [2.45, 2.75) is 219 Å². The van der Waals surface area contributed by atoms with Gasteiger partial charge in [-0.2, -0.15) is 0 Å². The van der Waals surface area contributed by atoms with Crippen LogP contribution in [-0.4, -0.2) is 37.2 Å². The summed E-state index contributed by atoms with van der Waals surface area (Å²) in [6.07, 6.45) is 48.1. The van der Waals surface area contributed by atoms with Gasteiger partial charge in [0, 0.05) is 19.3 Å². The van der Waals surface area contributed by atoms with E-state index in [1.165, 1.54) is 83.5 Å². The van der Waals surface area contributed by atoms with Gasteiger partial charge in [0.1, 0.15) is 13.2 Å². The van der Waals surface area contributed by atoms with Crippen molar-refractivity contribution in [3.05, 3.63) is 48.6 Å². The molecule has 0 aromatic carbocycles. The molecule has 0 aromatic heterocycles. The first-order valence-electron chi connectivity index (χ1n) is 22.1. The van der Waals surface area contributed by atoms with Crippen LogP contribution in [0.1, 0.15) is 213 Å². The number of carbonyl (C=O) groups excluding carboxylic acids is 3. The number of hydrogen-bond acceptors (Lipinski definition) is 6. The summed E-state index contributed by atoms with van der Waals surface area (Å²) < 4.78 is 16.6. The Balaban J connectivity index is 4.40. The molecule has 53 heavy (non-hydrogen) atoms. The molecule has 0 spiro atoms. The average molecular weight is 743 g/mol. The lowest BCUT2D eigenvalue weighted by atomic mass is 10.1. The summed E-state index contributed by atoms with van der Waals surface area (Å²) >= 11 is 0. The Morgan fingerprint density at radius 1 is 0.396 bits per heavy atom. The highest BCUT2D eigenvalue weighted by molar-refractivity contribution is 5.71. The number of rotatable bonds is 39. The second-order valence-corrected chi connectivity index (χ2v) is 14.6. The normalized spacial score (nSPS) is 12.4. The molecule has 0 aromatic rings. The van der Waals surface area contributed by atoms with Gasteiger partial charge in [-0.1, -0.05) is 166 Å². The summed E-state index contributed by atoms with van der Waals surface area (Å²) in [6, 6.07) is 0. The van der Waals surface area contributed by atoms with E-state index >= 15 is 0 Å². The van der Waals surface area contributed by atoms with Gasteiger partial charge >= 0.3 is 17.9 Å². The lowest BCUT2D eigenvalue weighted by Crippen LogP contribution is -2.30. The van der Waals surface area contributed by atoms with E-state index < -0.39 is 6.10 Å². The Bertz CT molecular complexity index is 949. The average Bonchev–Trinajstić information content (AvgIpc) is 3.15. The van der Waals surface area contributed by atoms with Gasteiger partial charge in [0.25, 0.3) is 0 Å². The molecule has 0 N–H and O–H groups in total. The zero-order chi connectivity index (χ0) is 38.7. The number of carbonyl (C=O) groups is 3. The predicted molar refractivity (Wildman–Crippen MR) is 224 cm³/mol. The van der Waals surface area contributed by atoms with E-state index in [2.05, 4.69) is 69.4 Å². The lowest BCUT2D eigenvalue weighted by molar-refractivity contribution is -0.167. The second-order valence-electron chi connectivity index (χ2n) is 14.6. The number of allylic oxidation sites excluding steroid dienone is 8. The van der Waals surface area contributed by atoms with Crippen LogP contribution >= 0.6 is 0 Å². The van der Waals surface area contributed by atoms with Crippen LogP contribution in [0.3, 0.4) is 0 Å². The molecule has 0 fully saturated rings. The zero-order valence-corrected chi connectivity index (χ0v) is 34.8. The SMILES string of the molecule is CC/C=C\C/C=C\C/C=C\CCCCCC(=O)OC(COC(=O)CCCCCCC/C=C\CCCCCCC)COC(=O)CCCCCCCCCC. The molecule has 0 radical (unpaired) electrons. The molecule has 1 atom stereocenters. The molecule has 0 heterocycles. The van der Waals surface area contributed by atoms with Crippen molar-refractivity contribution >= 4 is 17.9 Å². The smallest absolute Gasteiger partial charge is 0.306 e. The van der Waals surface area contributed by atoms with Crippen LogP contribution in [0.4, 0.5) is 0 Å². The summed E-state index contributed by atoms with van der Waals surface area (Å²) in [5.74, 6) is -0.932. The fourth-order valence-electron chi connectivity index (χ4n) is 5.98. The number of unbranched alkanes of at least 4 members (excludes halogenated alkanes) is 20. The molecular weight excluding hydrogens is 661 g/mol. The van der Waals surface area contributed by atoms with Crippen LogP contribution in [-0.2, 0) is 28.6 Å². The van der Waals surface area contributed by atoms with Crippen LogP contribution in [0.15, 0.2) is 48.6 Å². The van der Waals surface area contributed by atoms with E-state index in [9.17, 15) is 14.4 Å². The van der Waals surface area contributed by atoms with Crippen molar-refractivity contribution in [1.29, 1.82) is 0 Å². The Kier molecular flexibility index (Phi) is 40.0. The zero-order valence-electron chi connectivity index (χ0n) is 34.8. The van der Waals surface area contributed by atoms with Crippen molar-refractivity contribution in [1.82, 2.24) is 0 Å². The number of hydrogen-bond donors (Lipinski definition) is 0. The van der Waals surface area contributed by atoms with Crippen LogP contribution in [0.5, 0.6) is 0 Å². The molecule has 0 saturated heterocycles. The third-order valence-corrected chi connectivity index (χ3v) is 9.32.